The molecule has 2 aromatic carbocycles. The Bertz CT molecular complexity index is 1130. The number of nitrogens with zero attached hydrogens (tertiary/aromatic N) is 2. The molecule has 0 aliphatic carbocycles. The summed E-state index contributed by atoms with van der Waals surface area (Å²) >= 11 is 0. The summed E-state index contributed by atoms with van der Waals surface area (Å²) in [6.07, 6.45) is 0.934. The number of ether oxygens (including phenoxy) is 3. The van der Waals surface area contributed by atoms with Crippen LogP contribution in [0.3, 0.4) is 0 Å². The van der Waals surface area contributed by atoms with E-state index in [1.54, 1.807) is 0 Å². The number of nitriles is 1. The average molecular weight is 416 g/mol. The maximum Gasteiger partial charge on any atom is 0.244 e. The fraction of sp³-hybridized carbons (Fsp3) is 0.250. The molecule has 1 atom stereocenters. The van der Waals surface area contributed by atoms with Gasteiger partial charge in [-0.25, -0.2) is 0 Å². The van der Waals surface area contributed by atoms with Crippen LogP contribution in [0.25, 0.3) is 11.3 Å². The van der Waals surface area contributed by atoms with Gasteiger partial charge in [0.2, 0.25) is 11.8 Å². The second-order valence-electron chi connectivity index (χ2n) is 7.12. The lowest BCUT2D eigenvalue weighted by Gasteiger charge is -2.24. The van der Waals surface area contributed by atoms with Crippen LogP contribution in [0.4, 0.5) is 0 Å². The summed E-state index contributed by atoms with van der Waals surface area (Å²) in [6, 6.07) is 17.6. The second kappa shape index (κ2) is 8.84. The molecule has 0 saturated carbocycles. The van der Waals surface area contributed by atoms with Crippen molar-refractivity contribution >= 4 is 0 Å². The number of rotatable bonds is 7. The van der Waals surface area contributed by atoms with Crippen molar-refractivity contribution < 1.29 is 14.2 Å². The zero-order chi connectivity index (χ0) is 21.8. The van der Waals surface area contributed by atoms with E-state index in [4.69, 9.17) is 19.9 Å². The molecule has 4 rings (SSSR count). The minimum absolute atomic E-state index is 0.0658. The van der Waals surface area contributed by atoms with E-state index in [9.17, 15) is 5.26 Å². The van der Waals surface area contributed by atoms with Gasteiger partial charge in [0.15, 0.2) is 0 Å². The summed E-state index contributed by atoms with van der Waals surface area (Å²) in [4.78, 5) is 0. The van der Waals surface area contributed by atoms with E-state index in [1.165, 1.54) is 0 Å². The third-order valence-electron chi connectivity index (χ3n) is 5.08. The molecule has 0 amide bonds. The summed E-state index contributed by atoms with van der Waals surface area (Å²) in [6.45, 7) is 5.26. The van der Waals surface area contributed by atoms with Crippen molar-refractivity contribution in [1.29, 1.82) is 5.26 Å². The molecular formula is C24H24N4O3. The van der Waals surface area contributed by atoms with Crippen LogP contribution in [0.1, 0.15) is 37.3 Å². The molecule has 1 aromatic heterocycles. The fourth-order valence-electron chi connectivity index (χ4n) is 3.66. The Balaban J connectivity index is 1.77. The van der Waals surface area contributed by atoms with Crippen molar-refractivity contribution in [2.24, 2.45) is 5.73 Å². The van der Waals surface area contributed by atoms with Crippen LogP contribution in [0.5, 0.6) is 17.4 Å². The molecule has 158 valence electrons. The number of nitrogens with two attached hydrogens (primary N) is 1. The van der Waals surface area contributed by atoms with Crippen molar-refractivity contribution in [3.05, 3.63) is 71.1 Å². The number of aromatic nitrogens is 2. The fourth-order valence-corrected chi connectivity index (χ4v) is 3.66. The SMILES string of the molecule is CCCOc1ccc([C@H]2C(C#N)=C(N)Oc3n[nH]c(-c4ccc(OCC)cc4)c32)cc1. The molecule has 0 saturated heterocycles. The lowest BCUT2D eigenvalue weighted by atomic mass is 9.83. The van der Waals surface area contributed by atoms with Crippen LogP contribution in [0.15, 0.2) is 60.0 Å². The Labute approximate surface area is 181 Å². The van der Waals surface area contributed by atoms with Gasteiger partial charge < -0.3 is 19.9 Å². The first-order valence-corrected chi connectivity index (χ1v) is 10.3. The van der Waals surface area contributed by atoms with E-state index < -0.39 is 5.92 Å². The Kier molecular flexibility index (Phi) is 5.80. The third kappa shape index (κ3) is 3.92. The molecule has 2 heterocycles. The molecular weight excluding hydrogens is 392 g/mol. The molecule has 0 fully saturated rings. The normalized spacial score (nSPS) is 15.1. The number of nitrogens with one attached hydrogen (secondary N) is 1. The van der Waals surface area contributed by atoms with Gasteiger partial charge in [0, 0.05) is 5.56 Å². The van der Waals surface area contributed by atoms with Gasteiger partial charge in [-0.1, -0.05) is 19.1 Å². The Morgan fingerprint density at radius 1 is 1.06 bits per heavy atom. The first-order chi connectivity index (χ1) is 15.2. The number of H-pyrrole nitrogens is 1. The Morgan fingerprint density at radius 3 is 2.39 bits per heavy atom. The highest BCUT2D eigenvalue weighted by atomic mass is 16.5. The minimum atomic E-state index is -0.408. The highest BCUT2D eigenvalue weighted by Gasteiger charge is 2.35. The lowest BCUT2D eigenvalue weighted by molar-refractivity contribution is 0.317. The highest BCUT2D eigenvalue weighted by molar-refractivity contribution is 5.71. The van der Waals surface area contributed by atoms with E-state index >= 15 is 0 Å². The minimum Gasteiger partial charge on any atom is -0.494 e. The average Bonchev–Trinajstić information content (AvgIpc) is 3.21. The molecule has 1 aliphatic rings. The topological polar surface area (TPSA) is 106 Å². The number of allylic oxidation sites excluding steroid dienone is 1. The van der Waals surface area contributed by atoms with Gasteiger partial charge in [-0.05, 0) is 55.3 Å². The summed E-state index contributed by atoms with van der Waals surface area (Å²) in [5.41, 5.74) is 9.78. The molecule has 7 nitrogen and oxygen atoms in total. The van der Waals surface area contributed by atoms with Gasteiger partial charge >= 0.3 is 0 Å². The largest absolute Gasteiger partial charge is 0.494 e. The Hall–Kier alpha value is -3.92. The maximum atomic E-state index is 9.84. The first kappa shape index (κ1) is 20.4. The quantitative estimate of drug-likeness (QED) is 0.588. The third-order valence-corrected chi connectivity index (χ3v) is 5.08. The van der Waals surface area contributed by atoms with Crippen LogP contribution in [-0.4, -0.2) is 23.4 Å². The molecule has 0 bridgehead atoms. The van der Waals surface area contributed by atoms with Crippen LogP contribution >= 0.6 is 0 Å². The second-order valence-corrected chi connectivity index (χ2v) is 7.12. The molecule has 0 spiro atoms. The van der Waals surface area contributed by atoms with E-state index in [-0.39, 0.29) is 5.88 Å². The van der Waals surface area contributed by atoms with Crippen molar-refractivity contribution in [3.8, 4) is 34.7 Å². The van der Waals surface area contributed by atoms with Crippen LogP contribution < -0.4 is 19.9 Å². The zero-order valence-electron chi connectivity index (χ0n) is 17.5. The van der Waals surface area contributed by atoms with Crippen LogP contribution in [0.2, 0.25) is 0 Å². The highest BCUT2D eigenvalue weighted by Crippen LogP contribution is 2.45. The lowest BCUT2D eigenvalue weighted by Crippen LogP contribution is -2.21. The summed E-state index contributed by atoms with van der Waals surface area (Å²) in [5, 5.41) is 17.2. The predicted octanol–water partition coefficient (Wildman–Crippen LogP) is 4.48. The predicted molar refractivity (Wildman–Crippen MR) is 117 cm³/mol. The molecule has 3 N–H and O–H groups in total. The molecule has 0 radical (unpaired) electrons. The number of fused-ring (bicyclic) bond motifs is 1. The Morgan fingerprint density at radius 2 is 1.74 bits per heavy atom. The van der Waals surface area contributed by atoms with Gasteiger partial charge in [0.05, 0.1) is 30.4 Å². The van der Waals surface area contributed by atoms with Crippen LogP contribution in [-0.2, 0) is 0 Å². The van der Waals surface area contributed by atoms with Gasteiger partial charge in [-0.2, -0.15) is 5.26 Å². The summed E-state index contributed by atoms with van der Waals surface area (Å²) in [5.74, 6) is 1.60. The smallest absolute Gasteiger partial charge is 0.244 e. The number of hydrogen-bond acceptors (Lipinski definition) is 6. The summed E-state index contributed by atoms with van der Waals surface area (Å²) in [7, 11) is 0. The van der Waals surface area contributed by atoms with Crippen molar-refractivity contribution in [1.82, 2.24) is 10.2 Å². The van der Waals surface area contributed by atoms with Crippen LogP contribution in [0, 0.1) is 11.3 Å². The number of hydrogen-bond donors (Lipinski definition) is 2. The molecule has 31 heavy (non-hydrogen) atoms. The van der Waals surface area contributed by atoms with Gasteiger partial charge in [0.25, 0.3) is 0 Å². The zero-order valence-corrected chi connectivity index (χ0v) is 17.5. The number of benzene rings is 2. The van der Waals surface area contributed by atoms with E-state index in [0.717, 1.165) is 40.3 Å². The van der Waals surface area contributed by atoms with E-state index in [0.29, 0.717) is 24.7 Å². The molecule has 0 unspecified atom stereocenters. The molecule has 3 aromatic rings. The van der Waals surface area contributed by atoms with E-state index in [2.05, 4.69) is 23.2 Å². The van der Waals surface area contributed by atoms with Gasteiger partial charge in [0.1, 0.15) is 23.1 Å². The van der Waals surface area contributed by atoms with Gasteiger partial charge in [-0.15, -0.1) is 5.10 Å². The monoisotopic (exact) mass is 416 g/mol. The number of aromatic amines is 1. The van der Waals surface area contributed by atoms with Crippen molar-refractivity contribution in [2.45, 2.75) is 26.2 Å². The molecule has 1 aliphatic heterocycles. The summed E-state index contributed by atoms with van der Waals surface area (Å²) < 4.78 is 16.9. The molecule has 7 heteroatoms. The van der Waals surface area contributed by atoms with Crippen molar-refractivity contribution in [2.75, 3.05) is 13.2 Å². The standard InChI is InChI=1S/C24H24N4O3/c1-3-13-30-18-9-5-15(6-10-18)20-19(14-25)23(26)31-24-21(20)22(27-28-24)16-7-11-17(12-8-16)29-4-2/h5-12,20H,3-4,13,26H2,1-2H3,(H,27,28)/t20-/m0/s1. The maximum absolute atomic E-state index is 9.84. The first-order valence-electron chi connectivity index (χ1n) is 10.3. The van der Waals surface area contributed by atoms with E-state index in [1.807, 2.05) is 55.5 Å². The van der Waals surface area contributed by atoms with Crippen molar-refractivity contribution in [3.63, 3.8) is 0 Å². The van der Waals surface area contributed by atoms with Gasteiger partial charge in [-0.3, -0.25) is 5.10 Å².